The molecule has 0 N–H and O–H groups in total. The van der Waals surface area contributed by atoms with Crippen LogP contribution in [0.1, 0.15) is 0 Å². The van der Waals surface area contributed by atoms with Crippen molar-refractivity contribution >= 4 is 93.5 Å². The van der Waals surface area contributed by atoms with Crippen LogP contribution in [-0.2, 0) is 0 Å². The lowest BCUT2D eigenvalue weighted by Gasteiger charge is -2.32. The van der Waals surface area contributed by atoms with Gasteiger partial charge in [-0.1, -0.05) is 115 Å². The monoisotopic (exact) mass is 834 g/mol. The summed E-state index contributed by atoms with van der Waals surface area (Å²) in [6.07, 6.45) is 7.51. The molecule has 0 atom stereocenters. The molecule has 60 heavy (non-hydrogen) atoms. The van der Waals surface area contributed by atoms with Crippen LogP contribution >= 0.6 is 15.9 Å². The molecular formula is C54H35BrN4O. The summed E-state index contributed by atoms with van der Waals surface area (Å²) in [5.41, 5.74) is 12.1. The van der Waals surface area contributed by atoms with Crippen molar-refractivity contribution in [1.29, 1.82) is 0 Å². The predicted molar refractivity (Wildman–Crippen MR) is 252 cm³/mol. The van der Waals surface area contributed by atoms with Gasteiger partial charge in [-0.15, -0.1) is 0 Å². The van der Waals surface area contributed by atoms with Crippen molar-refractivity contribution in [1.82, 2.24) is 9.97 Å². The Hall–Kier alpha value is -7.54. The Morgan fingerprint density at radius 1 is 0.400 bits per heavy atom. The number of para-hydroxylation sites is 1. The van der Waals surface area contributed by atoms with Crippen LogP contribution in [0.2, 0.25) is 0 Å². The summed E-state index contributed by atoms with van der Waals surface area (Å²) in [4.78, 5) is 13.5. The third kappa shape index (κ3) is 6.35. The van der Waals surface area contributed by atoms with Crippen molar-refractivity contribution in [3.63, 3.8) is 0 Å². The summed E-state index contributed by atoms with van der Waals surface area (Å²) < 4.78 is 7.74. The van der Waals surface area contributed by atoms with Crippen molar-refractivity contribution in [2.75, 3.05) is 9.80 Å². The lowest BCUT2D eigenvalue weighted by molar-refractivity contribution is 0.669. The standard InChI is InChI=1S/C54H35BrN4O/c55-53-49(58(46-25-19-42-34-56-29-27-40(42)31-46)47-26-20-43-35-57-30-28-41(43)32-47)33-51-52(48-13-7-8-14-50(48)60-51)54(53)59(44-21-15-38(16-22-44)36-9-3-1-4-10-36)45-23-17-39(18-24-45)37-11-5-2-6-12-37/h1-35H. The van der Waals surface area contributed by atoms with Crippen molar-refractivity contribution in [2.45, 2.75) is 0 Å². The zero-order valence-corrected chi connectivity index (χ0v) is 33.9. The number of rotatable bonds is 8. The van der Waals surface area contributed by atoms with Crippen LogP contribution in [-0.4, -0.2) is 9.97 Å². The first-order valence-corrected chi connectivity index (χ1v) is 20.7. The maximum absolute atomic E-state index is 6.84. The highest BCUT2D eigenvalue weighted by Gasteiger charge is 2.28. The number of pyridine rings is 2. The van der Waals surface area contributed by atoms with E-state index < -0.39 is 0 Å². The molecule has 0 aliphatic carbocycles. The van der Waals surface area contributed by atoms with Crippen molar-refractivity contribution in [3.05, 3.63) is 217 Å². The van der Waals surface area contributed by atoms with Gasteiger partial charge in [-0.25, -0.2) is 0 Å². The molecule has 0 aliphatic rings. The Morgan fingerprint density at radius 3 is 1.43 bits per heavy atom. The smallest absolute Gasteiger partial charge is 0.139 e. The van der Waals surface area contributed by atoms with E-state index in [-0.39, 0.29) is 0 Å². The SMILES string of the molecule is Brc1c(N(c2ccc3cnccc3c2)c2ccc3cnccc3c2)cc2oc3ccccc3c2c1N(c1ccc(-c2ccccc2)cc1)c1ccc(-c2ccccc2)cc1. The fourth-order valence-corrected chi connectivity index (χ4v) is 8.99. The summed E-state index contributed by atoms with van der Waals surface area (Å²) in [7, 11) is 0. The molecule has 0 saturated heterocycles. The van der Waals surface area contributed by atoms with Gasteiger partial charge in [-0.2, -0.15) is 0 Å². The van der Waals surface area contributed by atoms with Gasteiger partial charge in [0.05, 0.1) is 21.2 Å². The summed E-state index contributed by atoms with van der Waals surface area (Å²) in [6, 6.07) is 66.4. The second kappa shape index (κ2) is 15.0. The highest BCUT2D eigenvalue weighted by atomic mass is 79.9. The van der Waals surface area contributed by atoms with E-state index >= 15 is 0 Å². The summed E-state index contributed by atoms with van der Waals surface area (Å²) in [6.45, 7) is 0. The zero-order valence-electron chi connectivity index (χ0n) is 32.3. The highest BCUT2D eigenvalue weighted by molar-refractivity contribution is 9.10. The molecule has 11 aromatic rings. The van der Waals surface area contributed by atoms with Gasteiger partial charge in [0, 0.05) is 69.8 Å². The molecule has 0 amide bonds. The fraction of sp³-hybridized carbons (Fsp3) is 0. The maximum atomic E-state index is 6.84. The van der Waals surface area contributed by atoms with Crippen LogP contribution in [0.3, 0.4) is 0 Å². The van der Waals surface area contributed by atoms with E-state index in [2.05, 4.69) is 212 Å². The molecule has 0 unspecified atom stereocenters. The van der Waals surface area contributed by atoms with E-state index in [9.17, 15) is 0 Å². The number of hydrogen-bond acceptors (Lipinski definition) is 5. The predicted octanol–water partition coefficient (Wildman–Crippen LogP) is 15.7. The Bertz CT molecular complexity index is 3170. The molecule has 0 saturated carbocycles. The average Bonchev–Trinajstić information content (AvgIpc) is 3.69. The Morgan fingerprint density at radius 2 is 0.883 bits per heavy atom. The van der Waals surface area contributed by atoms with Crippen molar-refractivity contribution in [3.8, 4) is 22.3 Å². The quantitative estimate of drug-likeness (QED) is 0.153. The minimum Gasteiger partial charge on any atom is -0.456 e. The topological polar surface area (TPSA) is 45.4 Å². The second-order valence-electron chi connectivity index (χ2n) is 14.8. The first-order chi connectivity index (χ1) is 29.7. The molecule has 0 aliphatic heterocycles. The third-order valence-corrected chi connectivity index (χ3v) is 12.0. The van der Waals surface area contributed by atoms with Crippen LogP contribution < -0.4 is 9.80 Å². The largest absolute Gasteiger partial charge is 0.456 e. The van der Waals surface area contributed by atoms with Crippen molar-refractivity contribution < 1.29 is 4.42 Å². The van der Waals surface area contributed by atoms with E-state index in [4.69, 9.17) is 4.42 Å². The van der Waals surface area contributed by atoms with Gasteiger partial charge in [0.2, 0.25) is 0 Å². The van der Waals surface area contributed by atoms with Gasteiger partial charge in [0.1, 0.15) is 11.2 Å². The molecule has 5 nitrogen and oxygen atoms in total. The normalized spacial score (nSPS) is 11.4. The lowest BCUT2D eigenvalue weighted by Crippen LogP contribution is -2.15. The first-order valence-electron chi connectivity index (χ1n) is 19.9. The van der Waals surface area contributed by atoms with E-state index in [1.54, 1.807) is 0 Å². The van der Waals surface area contributed by atoms with Gasteiger partial charge in [0.25, 0.3) is 0 Å². The molecule has 0 fully saturated rings. The summed E-state index contributed by atoms with van der Waals surface area (Å²) in [5.74, 6) is 0. The van der Waals surface area contributed by atoms with Gasteiger partial charge in [-0.3, -0.25) is 9.97 Å². The van der Waals surface area contributed by atoms with Crippen molar-refractivity contribution in [2.24, 2.45) is 0 Å². The van der Waals surface area contributed by atoms with E-state index in [0.29, 0.717) is 0 Å². The number of benzene rings is 8. The minimum atomic E-state index is 0.774. The van der Waals surface area contributed by atoms with Crippen LogP contribution in [0, 0.1) is 0 Å². The van der Waals surface area contributed by atoms with Gasteiger partial charge in [-0.05, 0) is 116 Å². The van der Waals surface area contributed by atoms with Gasteiger partial charge in [0.15, 0.2) is 0 Å². The van der Waals surface area contributed by atoms with Crippen LogP contribution in [0.5, 0.6) is 0 Å². The van der Waals surface area contributed by atoms with E-state index in [1.165, 1.54) is 11.1 Å². The number of aromatic nitrogens is 2. The fourth-order valence-electron chi connectivity index (χ4n) is 8.32. The number of fused-ring (bicyclic) bond motifs is 5. The Labute approximate surface area is 355 Å². The molecule has 11 rings (SSSR count). The van der Waals surface area contributed by atoms with E-state index in [0.717, 1.165) is 93.2 Å². The lowest BCUT2D eigenvalue weighted by atomic mass is 10.0. The van der Waals surface area contributed by atoms with Gasteiger partial charge >= 0.3 is 0 Å². The number of nitrogens with zero attached hydrogens (tertiary/aromatic N) is 4. The van der Waals surface area contributed by atoms with Crippen LogP contribution in [0.15, 0.2) is 222 Å². The summed E-state index contributed by atoms with van der Waals surface area (Å²) in [5, 5.41) is 6.37. The molecule has 8 aromatic carbocycles. The maximum Gasteiger partial charge on any atom is 0.139 e. The van der Waals surface area contributed by atoms with Crippen LogP contribution in [0.4, 0.5) is 34.1 Å². The van der Waals surface area contributed by atoms with Crippen LogP contribution in [0.25, 0.3) is 65.7 Å². The van der Waals surface area contributed by atoms with Gasteiger partial charge < -0.3 is 14.2 Å². The zero-order chi connectivity index (χ0) is 40.0. The molecule has 284 valence electrons. The minimum absolute atomic E-state index is 0.774. The molecule has 0 radical (unpaired) electrons. The summed E-state index contributed by atoms with van der Waals surface area (Å²) >= 11 is 4.32. The molecule has 0 bridgehead atoms. The molecule has 0 spiro atoms. The number of anilines is 6. The molecule has 3 aromatic heterocycles. The second-order valence-corrected chi connectivity index (χ2v) is 15.6. The Kier molecular flexibility index (Phi) is 8.90. The molecule has 3 heterocycles. The highest BCUT2D eigenvalue weighted by Crippen LogP contribution is 2.53. The molecular weight excluding hydrogens is 801 g/mol. The Balaban J connectivity index is 1.19. The number of furan rings is 1. The van der Waals surface area contributed by atoms with E-state index in [1.807, 2.05) is 36.9 Å². The first kappa shape index (κ1) is 35.6. The average molecular weight is 836 g/mol. The number of hydrogen-bond donors (Lipinski definition) is 0. The molecule has 6 heteroatoms. The third-order valence-electron chi connectivity index (χ3n) is 11.3. The number of halogens is 1.